The van der Waals surface area contributed by atoms with E-state index in [2.05, 4.69) is 0 Å². The van der Waals surface area contributed by atoms with Crippen LogP contribution in [0, 0.1) is 5.41 Å². The van der Waals surface area contributed by atoms with E-state index in [-0.39, 0.29) is 11.6 Å². The van der Waals surface area contributed by atoms with Crippen molar-refractivity contribution in [2.75, 3.05) is 6.54 Å². The lowest BCUT2D eigenvalue weighted by molar-refractivity contribution is 0.0344. The van der Waals surface area contributed by atoms with Gasteiger partial charge in [-0.3, -0.25) is 0 Å². The van der Waals surface area contributed by atoms with Crippen LogP contribution in [-0.4, -0.2) is 6.54 Å². The topological polar surface area (TPSA) is 26.0 Å². The second-order valence-electron chi connectivity index (χ2n) is 4.86. The molecule has 0 aliphatic rings. The predicted molar refractivity (Wildman–Crippen MR) is 67.8 cm³/mol. The molecule has 1 atom stereocenters. The van der Waals surface area contributed by atoms with Gasteiger partial charge in [0.25, 0.3) is 0 Å². The molecule has 1 rings (SSSR count). The number of halogens is 3. The Morgan fingerprint density at radius 1 is 1.25 bits per heavy atom. The molecule has 16 heavy (non-hydrogen) atoms. The molecular weight excluding hydrogens is 248 g/mol. The number of hydrogen-bond acceptors (Lipinski definition) is 1. The molecule has 0 aliphatic heterocycles. The van der Waals surface area contributed by atoms with Crippen molar-refractivity contribution in [1.82, 2.24) is 0 Å². The second-order valence-corrected chi connectivity index (χ2v) is 5.64. The van der Waals surface area contributed by atoms with Crippen LogP contribution in [0.5, 0.6) is 0 Å². The highest BCUT2D eigenvalue weighted by molar-refractivity contribution is 6.42. The summed E-state index contributed by atoms with van der Waals surface area (Å²) >= 11 is 11.9. The van der Waals surface area contributed by atoms with Gasteiger partial charge in [0, 0.05) is 17.5 Å². The van der Waals surface area contributed by atoms with E-state index >= 15 is 0 Å². The fraction of sp³-hybridized carbons (Fsp3) is 0.500. The van der Waals surface area contributed by atoms with Crippen molar-refractivity contribution in [3.63, 3.8) is 0 Å². The van der Waals surface area contributed by atoms with E-state index in [9.17, 15) is 4.39 Å². The minimum Gasteiger partial charge on any atom is -0.327 e. The molecule has 90 valence electrons. The van der Waals surface area contributed by atoms with Gasteiger partial charge >= 0.3 is 0 Å². The van der Waals surface area contributed by atoms with Crippen molar-refractivity contribution in [1.29, 1.82) is 0 Å². The van der Waals surface area contributed by atoms with Gasteiger partial charge < -0.3 is 5.73 Å². The standard InChI is InChI=1S/C12H16Cl2FN/c1-11(2,3)12(15,7-16)8-5-4-6-9(13)10(8)14/h4-6H,7,16H2,1-3H3. The third-order valence-electron chi connectivity index (χ3n) is 2.85. The summed E-state index contributed by atoms with van der Waals surface area (Å²) in [4.78, 5) is 0. The molecule has 0 saturated heterocycles. The number of hydrogen-bond donors (Lipinski definition) is 1. The Hall–Kier alpha value is -0.310. The maximum absolute atomic E-state index is 14.9. The highest BCUT2D eigenvalue weighted by atomic mass is 35.5. The smallest absolute Gasteiger partial charge is 0.154 e. The Morgan fingerprint density at radius 3 is 2.25 bits per heavy atom. The van der Waals surface area contributed by atoms with Crippen LogP contribution in [-0.2, 0) is 5.67 Å². The largest absolute Gasteiger partial charge is 0.327 e. The molecule has 0 saturated carbocycles. The van der Waals surface area contributed by atoms with E-state index in [0.717, 1.165) is 0 Å². The van der Waals surface area contributed by atoms with Crippen molar-refractivity contribution < 1.29 is 4.39 Å². The molecule has 0 fully saturated rings. The molecular formula is C12H16Cl2FN. The zero-order valence-electron chi connectivity index (χ0n) is 9.65. The quantitative estimate of drug-likeness (QED) is 0.852. The molecule has 2 N–H and O–H groups in total. The van der Waals surface area contributed by atoms with Gasteiger partial charge in [0.1, 0.15) is 0 Å². The summed E-state index contributed by atoms with van der Waals surface area (Å²) in [6, 6.07) is 4.94. The van der Waals surface area contributed by atoms with Gasteiger partial charge in [-0.15, -0.1) is 0 Å². The molecule has 1 nitrogen and oxygen atoms in total. The molecule has 0 aliphatic carbocycles. The first-order valence-electron chi connectivity index (χ1n) is 5.07. The number of alkyl halides is 1. The van der Waals surface area contributed by atoms with Crippen LogP contribution in [0.25, 0.3) is 0 Å². The summed E-state index contributed by atoms with van der Waals surface area (Å²) in [5, 5.41) is 0.589. The molecule has 1 unspecified atom stereocenters. The molecule has 0 heterocycles. The maximum Gasteiger partial charge on any atom is 0.154 e. The zero-order valence-corrected chi connectivity index (χ0v) is 11.2. The Balaban J connectivity index is 3.40. The summed E-state index contributed by atoms with van der Waals surface area (Å²) in [5.74, 6) is 0. The number of benzene rings is 1. The van der Waals surface area contributed by atoms with Gasteiger partial charge in [0.15, 0.2) is 5.67 Å². The van der Waals surface area contributed by atoms with Gasteiger partial charge in [0.05, 0.1) is 10.0 Å². The lowest BCUT2D eigenvalue weighted by Crippen LogP contribution is -2.42. The average molecular weight is 264 g/mol. The predicted octanol–water partition coefficient (Wildman–Crippen LogP) is 4.16. The molecule has 0 spiro atoms. The molecule has 0 aromatic heterocycles. The second kappa shape index (κ2) is 4.52. The van der Waals surface area contributed by atoms with Crippen LogP contribution >= 0.6 is 23.2 Å². The first-order chi connectivity index (χ1) is 7.24. The Labute approximate surface area is 106 Å². The van der Waals surface area contributed by atoms with Crippen molar-refractivity contribution in [3.05, 3.63) is 33.8 Å². The SMILES string of the molecule is CC(C)(C)C(F)(CN)c1cccc(Cl)c1Cl. The van der Waals surface area contributed by atoms with Crippen molar-refractivity contribution >= 4 is 23.2 Å². The van der Waals surface area contributed by atoms with Crippen molar-refractivity contribution in [3.8, 4) is 0 Å². The van der Waals surface area contributed by atoms with Crippen LogP contribution in [0.1, 0.15) is 26.3 Å². The van der Waals surface area contributed by atoms with E-state index in [0.29, 0.717) is 10.6 Å². The van der Waals surface area contributed by atoms with Crippen LogP contribution < -0.4 is 5.73 Å². The zero-order chi connectivity index (χ0) is 12.6. The first-order valence-corrected chi connectivity index (χ1v) is 5.83. The van der Waals surface area contributed by atoms with Crippen molar-refractivity contribution in [2.24, 2.45) is 11.1 Å². The van der Waals surface area contributed by atoms with Gasteiger partial charge in [-0.1, -0.05) is 56.1 Å². The Bertz CT molecular complexity index is 387. The average Bonchev–Trinajstić information content (AvgIpc) is 2.19. The minimum absolute atomic E-state index is 0.128. The van der Waals surface area contributed by atoms with Crippen molar-refractivity contribution in [2.45, 2.75) is 26.4 Å². The Kier molecular flexibility index (Phi) is 3.88. The van der Waals surface area contributed by atoms with Gasteiger partial charge in [-0.25, -0.2) is 4.39 Å². The lowest BCUT2D eigenvalue weighted by Gasteiger charge is -2.37. The minimum atomic E-state index is -1.69. The van der Waals surface area contributed by atoms with E-state index in [1.807, 2.05) is 0 Å². The normalized spacial score (nSPS) is 15.9. The molecule has 0 radical (unpaired) electrons. The van der Waals surface area contributed by atoms with E-state index in [1.54, 1.807) is 39.0 Å². The monoisotopic (exact) mass is 263 g/mol. The lowest BCUT2D eigenvalue weighted by atomic mass is 9.73. The highest BCUT2D eigenvalue weighted by Gasteiger charge is 2.44. The van der Waals surface area contributed by atoms with Gasteiger partial charge in [-0.2, -0.15) is 0 Å². The summed E-state index contributed by atoms with van der Waals surface area (Å²) in [6.07, 6.45) is 0. The molecule has 0 amide bonds. The fourth-order valence-corrected chi connectivity index (χ4v) is 2.08. The summed E-state index contributed by atoms with van der Waals surface area (Å²) in [5.41, 5.74) is 3.60. The number of nitrogens with two attached hydrogens (primary N) is 1. The molecule has 1 aromatic carbocycles. The molecule has 0 bridgehead atoms. The van der Waals surface area contributed by atoms with E-state index in [1.165, 1.54) is 0 Å². The van der Waals surface area contributed by atoms with Crippen LogP contribution in [0.15, 0.2) is 18.2 Å². The Morgan fingerprint density at radius 2 is 1.81 bits per heavy atom. The summed E-state index contributed by atoms with van der Waals surface area (Å²) in [7, 11) is 0. The first kappa shape index (κ1) is 13.8. The molecule has 4 heteroatoms. The third-order valence-corrected chi connectivity index (χ3v) is 3.67. The summed E-state index contributed by atoms with van der Waals surface area (Å²) in [6.45, 7) is 5.24. The van der Waals surface area contributed by atoms with E-state index in [4.69, 9.17) is 28.9 Å². The van der Waals surface area contributed by atoms with E-state index < -0.39 is 11.1 Å². The number of rotatable bonds is 2. The fourth-order valence-electron chi connectivity index (χ4n) is 1.63. The van der Waals surface area contributed by atoms with Crippen LogP contribution in [0.4, 0.5) is 4.39 Å². The van der Waals surface area contributed by atoms with Crippen LogP contribution in [0.3, 0.4) is 0 Å². The third kappa shape index (κ3) is 2.20. The molecule has 1 aromatic rings. The van der Waals surface area contributed by atoms with Gasteiger partial charge in [-0.05, 0) is 6.07 Å². The summed E-state index contributed by atoms with van der Waals surface area (Å²) < 4.78 is 14.9. The van der Waals surface area contributed by atoms with Gasteiger partial charge in [0.2, 0.25) is 0 Å². The van der Waals surface area contributed by atoms with Crippen LogP contribution in [0.2, 0.25) is 10.0 Å². The maximum atomic E-state index is 14.9. The highest BCUT2D eigenvalue weighted by Crippen LogP contribution is 2.46.